The molecule has 324 valence electrons. The van der Waals surface area contributed by atoms with Crippen LogP contribution in [0.1, 0.15) is 46.7 Å². The van der Waals surface area contributed by atoms with Gasteiger partial charge in [0.1, 0.15) is 0 Å². The highest BCUT2D eigenvalue weighted by molar-refractivity contribution is 6.08. The van der Waals surface area contributed by atoms with Crippen molar-refractivity contribution in [1.29, 1.82) is 0 Å². The molecule has 0 radical (unpaired) electrons. The van der Waals surface area contributed by atoms with Crippen LogP contribution in [-0.4, -0.2) is 0 Å². The standard InChI is InChI=1S/C68H47N/c1-44-27-38-56-54-19-6-5-17-52(54)53-18-7-8-20-55(53)63-42-50(36-39-57(63)62(56)41-44)69(49-34-32-48(33-35-49)47-30-28-46(29-31-47)45-15-3-2-4-16-45)51-37-40-61-60-23-11-14-26-66(60)68(67(61)43-51)64-24-12-9-21-58(64)59-22-10-13-25-65(59)68/h2-40,42-44H,41H2,1H3. The third-order valence-corrected chi connectivity index (χ3v) is 15.4. The Hall–Kier alpha value is -8.52. The average Bonchev–Trinajstić information content (AvgIpc) is 3.88. The van der Waals surface area contributed by atoms with Crippen molar-refractivity contribution in [3.8, 4) is 66.8 Å². The minimum Gasteiger partial charge on any atom is -0.310 e. The van der Waals surface area contributed by atoms with Crippen molar-refractivity contribution in [3.05, 3.63) is 282 Å². The lowest BCUT2D eigenvalue weighted by Crippen LogP contribution is -2.26. The molecule has 1 unspecified atom stereocenters. The predicted octanol–water partition coefficient (Wildman–Crippen LogP) is 18.0. The minimum atomic E-state index is -0.455. The molecule has 14 rings (SSSR count). The lowest BCUT2D eigenvalue weighted by molar-refractivity contribution is 0.751. The molecule has 69 heavy (non-hydrogen) atoms. The summed E-state index contributed by atoms with van der Waals surface area (Å²) in [5.74, 6) is 0.441. The Morgan fingerprint density at radius 2 is 0.739 bits per heavy atom. The maximum Gasteiger partial charge on any atom is 0.0726 e. The summed E-state index contributed by atoms with van der Waals surface area (Å²) in [7, 11) is 0. The van der Waals surface area contributed by atoms with Gasteiger partial charge in [-0.15, -0.1) is 0 Å². The van der Waals surface area contributed by atoms with Crippen molar-refractivity contribution >= 4 is 28.2 Å². The highest BCUT2D eigenvalue weighted by Crippen LogP contribution is 2.63. The molecule has 0 aliphatic heterocycles. The lowest BCUT2D eigenvalue weighted by Gasteiger charge is -2.33. The Morgan fingerprint density at radius 1 is 0.333 bits per heavy atom. The zero-order chi connectivity index (χ0) is 45.6. The van der Waals surface area contributed by atoms with Crippen molar-refractivity contribution in [2.45, 2.75) is 18.8 Å². The molecule has 4 aliphatic carbocycles. The van der Waals surface area contributed by atoms with E-state index in [9.17, 15) is 0 Å². The molecule has 0 amide bonds. The monoisotopic (exact) mass is 877 g/mol. The zero-order valence-corrected chi connectivity index (χ0v) is 38.4. The van der Waals surface area contributed by atoms with E-state index in [0.29, 0.717) is 5.92 Å². The van der Waals surface area contributed by atoms with Crippen LogP contribution >= 0.6 is 0 Å². The van der Waals surface area contributed by atoms with E-state index in [0.717, 1.165) is 23.5 Å². The molecule has 10 aromatic rings. The molecular formula is C68H47N. The van der Waals surface area contributed by atoms with E-state index in [4.69, 9.17) is 0 Å². The van der Waals surface area contributed by atoms with Crippen LogP contribution < -0.4 is 4.90 Å². The van der Waals surface area contributed by atoms with Crippen LogP contribution in [0.25, 0.3) is 77.9 Å². The van der Waals surface area contributed by atoms with Gasteiger partial charge in [-0.25, -0.2) is 0 Å². The third-order valence-electron chi connectivity index (χ3n) is 15.4. The van der Waals surface area contributed by atoms with Gasteiger partial charge in [0.05, 0.1) is 5.41 Å². The molecule has 1 heteroatoms. The van der Waals surface area contributed by atoms with Crippen molar-refractivity contribution in [2.75, 3.05) is 4.90 Å². The van der Waals surface area contributed by atoms with Gasteiger partial charge in [0, 0.05) is 17.1 Å². The number of allylic oxidation sites excluding steroid dienone is 4. The molecule has 4 aliphatic rings. The predicted molar refractivity (Wildman–Crippen MR) is 289 cm³/mol. The summed E-state index contributed by atoms with van der Waals surface area (Å²) < 4.78 is 0. The first-order valence-electron chi connectivity index (χ1n) is 24.4. The summed E-state index contributed by atoms with van der Waals surface area (Å²) in [5, 5.41) is 0. The van der Waals surface area contributed by atoms with Gasteiger partial charge < -0.3 is 4.90 Å². The normalized spacial score (nSPS) is 15.1. The molecule has 1 spiro atoms. The number of benzene rings is 10. The van der Waals surface area contributed by atoms with Crippen molar-refractivity contribution in [3.63, 3.8) is 0 Å². The molecular weight excluding hydrogens is 831 g/mol. The maximum absolute atomic E-state index is 2.51. The van der Waals surface area contributed by atoms with E-state index in [1.807, 2.05) is 0 Å². The first kappa shape index (κ1) is 39.6. The highest BCUT2D eigenvalue weighted by Gasteiger charge is 2.51. The summed E-state index contributed by atoms with van der Waals surface area (Å²) >= 11 is 0. The van der Waals surface area contributed by atoms with Gasteiger partial charge in [-0.1, -0.05) is 219 Å². The van der Waals surface area contributed by atoms with Crippen LogP contribution in [0.4, 0.5) is 17.1 Å². The second-order valence-corrected chi connectivity index (χ2v) is 19.2. The Bertz CT molecular complexity index is 3690. The van der Waals surface area contributed by atoms with Crippen molar-refractivity contribution in [1.82, 2.24) is 0 Å². The molecule has 10 aromatic carbocycles. The molecule has 0 N–H and O–H groups in total. The quantitative estimate of drug-likeness (QED) is 0.166. The molecule has 0 saturated heterocycles. The summed E-state index contributed by atoms with van der Waals surface area (Å²) in [6.07, 6.45) is 5.76. The Balaban J connectivity index is 0.986. The topological polar surface area (TPSA) is 3.24 Å². The van der Waals surface area contributed by atoms with Crippen molar-refractivity contribution in [2.24, 2.45) is 5.92 Å². The number of fused-ring (bicyclic) bond motifs is 17. The van der Waals surface area contributed by atoms with E-state index in [2.05, 4.69) is 261 Å². The zero-order valence-electron chi connectivity index (χ0n) is 38.4. The fraction of sp³-hybridized carbons (Fsp3) is 0.0588. The lowest BCUT2D eigenvalue weighted by atomic mass is 9.70. The Labute approximate surface area is 404 Å². The smallest absolute Gasteiger partial charge is 0.0726 e. The fourth-order valence-electron chi connectivity index (χ4n) is 12.4. The van der Waals surface area contributed by atoms with Crippen LogP contribution in [0.15, 0.2) is 249 Å². The van der Waals surface area contributed by atoms with Crippen LogP contribution in [0.5, 0.6) is 0 Å². The van der Waals surface area contributed by atoms with Gasteiger partial charge in [0.15, 0.2) is 0 Å². The first-order chi connectivity index (χ1) is 34.1. The summed E-state index contributed by atoms with van der Waals surface area (Å²) in [6, 6.07) is 88.6. The third kappa shape index (κ3) is 5.97. The molecule has 0 saturated carbocycles. The number of hydrogen-bond donors (Lipinski definition) is 0. The largest absolute Gasteiger partial charge is 0.310 e. The van der Waals surface area contributed by atoms with Crippen molar-refractivity contribution < 1.29 is 0 Å². The molecule has 0 fully saturated rings. The van der Waals surface area contributed by atoms with Crippen LogP contribution in [0.3, 0.4) is 0 Å². The highest BCUT2D eigenvalue weighted by atomic mass is 15.1. The summed E-state index contributed by atoms with van der Waals surface area (Å²) in [6.45, 7) is 2.34. The van der Waals surface area contributed by atoms with Crippen LogP contribution in [-0.2, 0) is 5.41 Å². The van der Waals surface area contributed by atoms with E-state index in [1.165, 1.54) is 111 Å². The van der Waals surface area contributed by atoms with Gasteiger partial charge in [-0.05, 0) is 160 Å². The number of rotatable bonds is 5. The number of hydrogen-bond acceptors (Lipinski definition) is 1. The Kier molecular flexibility index (Phi) is 8.91. The van der Waals surface area contributed by atoms with E-state index in [-0.39, 0.29) is 0 Å². The van der Waals surface area contributed by atoms with Crippen LogP contribution in [0.2, 0.25) is 0 Å². The SMILES string of the molecule is CC1C=CC2=C(C1)c1ccc(N(c3ccc(-c4ccc(-c5ccccc5)cc4)cc3)c3ccc4c(c3)C3(c5ccccc5-c5ccccc53)c3ccccc3-4)cc1-c1ccccc1-c1ccccc12. The number of anilines is 3. The number of nitrogens with zero attached hydrogens (tertiary/aromatic N) is 1. The average molecular weight is 878 g/mol. The maximum atomic E-state index is 2.51. The molecule has 0 bridgehead atoms. The summed E-state index contributed by atoms with van der Waals surface area (Å²) in [4.78, 5) is 2.50. The Morgan fingerprint density at radius 3 is 1.32 bits per heavy atom. The van der Waals surface area contributed by atoms with Crippen LogP contribution in [0, 0.1) is 5.92 Å². The molecule has 1 atom stereocenters. The van der Waals surface area contributed by atoms with Gasteiger partial charge >= 0.3 is 0 Å². The first-order valence-corrected chi connectivity index (χ1v) is 24.4. The second-order valence-electron chi connectivity index (χ2n) is 19.2. The second kappa shape index (κ2) is 15.5. The van der Waals surface area contributed by atoms with Gasteiger partial charge in [0.25, 0.3) is 0 Å². The van der Waals surface area contributed by atoms with E-state index >= 15 is 0 Å². The van der Waals surface area contributed by atoms with E-state index in [1.54, 1.807) is 0 Å². The summed E-state index contributed by atoms with van der Waals surface area (Å²) in [5.41, 5.74) is 28.7. The molecule has 0 heterocycles. The molecule has 0 aromatic heterocycles. The molecule has 1 nitrogen and oxygen atoms in total. The minimum absolute atomic E-state index is 0.441. The fourth-order valence-corrected chi connectivity index (χ4v) is 12.4. The van der Waals surface area contributed by atoms with Gasteiger partial charge in [0.2, 0.25) is 0 Å². The van der Waals surface area contributed by atoms with Gasteiger partial charge in [-0.3, -0.25) is 0 Å². The van der Waals surface area contributed by atoms with Gasteiger partial charge in [-0.2, -0.15) is 0 Å². The van der Waals surface area contributed by atoms with E-state index < -0.39 is 5.41 Å².